The molecule has 9 heteroatoms. The van der Waals surface area contributed by atoms with Crippen LogP contribution in [0.25, 0.3) is 10.9 Å². The lowest BCUT2D eigenvalue weighted by molar-refractivity contribution is 0.202. The van der Waals surface area contributed by atoms with Crippen molar-refractivity contribution in [3.05, 3.63) is 36.8 Å². The van der Waals surface area contributed by atoms with Crippen molar-refractivity contribution in [3.8, 4) is 0 Å². The number of aryl methyl sites for hydroxylation is 1. The number of fused-ring (bicyclic) bond motifs is 1. The summed E-state index contributed by atoms with van der Waals surface area (Å²) in [6.45, 7) is 1.95. The number of nitrogens with one attached hydrogen (secondary N) is 1. The number of piperidine rings is 1. The van der Waals surface area contributed by atoms with Crippen LogP contribution in [0.1, 0.15) is 18.9 Å². The van der Waals surface area contributed by atoms with E-state index in [-0.39, 0.29) is 10.9 Å². The minimum Gasteiger partial charge on any atom is -0.304 e. The molecule has 1 fully saturated rings. The van der Waals surface area contributed by atoms with Gasteiger partial charge in [0.1, 0.15) is 4.90 Å². The Bertz CT molecular complexity index is 1040. The highest BCUT2D eigenvalue weighted by Crippen LogP contribution is 2.26. The summed E-state index contributed by atoms with van der Waals surface area (Å²) in [5.74, 6) is 0. The first-order chi connectivity index (χ1) is 12.4. The highest BCUT2D eigenvalue weighted by molar-refractivity contribution is 7.92. The van der Waals surface area contributed by atoms with Crippen molar-refractivity contribution in [1.29, 1.82) is 0 Å². The summed E-state index contributed by atoms with van der Waals surface area (Å²) in [5.41, 5.74) is 1.25. The largest absolute Gasteiger partial charge is 0.304 e. The van der Waals surface area contributed by atoms with E-state index in [1.807, 2.05) is 12.1 Å². The zero-order chi connectivity index (χ0) is 18.3. The summed E-state index contributed by atoms with van der Waals surface area (Å²) in [6, 6.07) is 5.65. The van der Waals surface area contributed by atoms with E-state index < -0.39 is 10.0 Å². The van der Waals surface area contributed by atoms with Gasteiger partial charge in [-0.3, -0.25) is 14.1 Å². The van der Waals surface area contributed by atoms with Crippen LogP contribution >= 0.6 is 0 Å². The Hall–Kier alpha value is -2.39. The standard InChI is InChI=1S/C17H22N6O2S/c1-21-8-4-6-14(11-21)23-12-15(10-19-23)26(24,25)20-16-7-3-5-13-9-18-22(2)17(13)16/h3,5,7,9-10,12,14,20H,4,6,8,11H2,1-2H3/t14-/m0/s1. The lowest BCUT2D eigenvalue weighted by atomic mass is 10.1. The zero-order valence-corrected chi connectivity index (χ0v) is 15.6. The molecular formula is C17H22N6O2S. The third-order valence-electron chi connectivity index (χ3n) is 4.87. The van der Waals surface area contributed by atoms with Crippen LogP contribution in [-0.4, -0.2) is 53.0 Å². The van der Waals surface area contributed by atoms with Gasteiger partial charge in [0.2, 0.25) is 0 Å². The van der Waals surface area contributed by atoms with Crippen molar-refractivity contribution >= 4 is 26.6 Å². The van der Waals surface area contributed by atoms with Crippen LogP contribution in [0, 0.1) is 0 Å². The van der Waals surface area contributed by atoms with Gasteiger partial charge in [-0.15, -0.1) is 0 Å². The highest BCUT2D eigenvalue weighted by Gasteiger charge is 2.23. The predicted octanol–water partition coefficient (Wildman–Crippen LogP) is 1.84. The average Bonchev–Trinajstić information content (AvgIpc) is 3.23. The molecule has 0 spiro atoms. The third-order valence-corrected chi connectivity index (χ3v) is 6.19. The lowest BCUT2D eigenvalue weighted by Crippen LogP contribution is -2.33. The van der Waals surface area contributed by atoms with E-state index in [1.54, 1.807) is 34.9 Å². The van der Waals surface area contributed by atoms with Gasteiger partial charge >= 0.3 is 0 Å². The molecule has 8 nitrogen and oxygen atoms in total. The van der Waals surface area contributed by atoms with Gasteiger partial charge in [0.05, 0.1) is 29.6 Å². The van der Waals surface area contributed by atoms with Gasteiger partial charge in [-0.2, -0.15) is 10.2 Å². The molecule has 1 aliphatic heterocycles. The molecule has 138 valence electrons. The first-order valence-electron chi connectivity index (χ1n) is 8.60. The molecular weight excluding hydrogens is 352 g/mol. The molecule has 1 atom stereocenters. The summed E-state index contributed by atoms with van der Waals surface area (Å²) in [7, 11) is 0.143. The summed E-state index contributed by atoms with van der Waals surface area (Å²) in [5, 5.41) is 9.38. The normalized spacial score (nSPS) is 19.1. The van der Waals surface area contributed by atoms with Gasteiger partial charge in [0.25, 0.3) is 10.0 Å². The molecule has 1 aliphatic rings. The molecule has 3 heterocycles. The minimum absolute atomic E-state index is 0.171. The monoisotopic (exact) mass is 374 g/mol. The number of hydrogen-bond acceptors (Lipinski definition) is 5. The van der Waals surface area contributed by atoms with Gasteiger partial charge in [0, 0.05) is 25.2 Å². The third kappa shape index (κ3) is 3.08. The van der Waals surface area contributed by atoms with Crippen LogP contribution in [0.2, 0.25) is 0 Å². The fourth-order valence-corrected chi connectivity index (χ4v) is 4.54. The van der Waals surface area contributed by atoms with Crippen LogP contribution in [0.15, 0.2) is 41.7 Å². The maximum Gasteiger partial charge on any atom is 0.265 e. The topological polar surface area (TPSA) is 85.0 Å². The summed E-state index contributed by atoms with van der Waals surface area (Å²) >= 11 is 0. The molecule has 0 amide bonds. The molecule has 1 N–H and O–H groups in total. The first kappa shape index (κ1) is 17.0. The van der Waals surface area contributed by atoms with Crippen LogP contribution in [0.5, 0.6) is 0 Å². The van der Waals surface area contributed by atoms with E-state index in [2.05, 4.69) is 26.9 Å². The lowest BCUT2D eigenvalue weighted by Gasteiger charge is -2.29. The Balaban J connectivity index is 1.62. The molecule has 26 heavy (non-hydrogen) atoms. The van der Waals surface area contributed by atoms with Crippen LogP contribution in [-0.2, 0) is 17.1 Å². The number of sulfonamides is 1. The number of benzene rings is 1. The van der Waals surface area contributed by atoms with Gasteiger partial charge in [-0.05, 0) is 32.5 Å². The predicted molar refractivity (Wildman–Crippen MR) is 99.5 cm³/mol. The number of anilines is 1. The number of aromatic nitrogens is 4. The van der Waals surface area contributed by atoms with E-state index in [1.165, 1.54) is 6.20 Å². The fraction of sp³-hybridized carbons (Fsp3) is 0.412. The van der Waals surface area contributed by atoms with Gasteiger partial charge in [0.15, 0.2) is 0 Å². The number of nitrogens with zero attached hydrogens (tertiary/aromatic N) is 5. The van der Waals surface area contributed by atoms with E-state index >= 15 is 0 Å². The molecule has 1 saturated heterocycles. The Labute approximate surface area is 152 Å². The Kier molecular flexibility index (Phi) is 4.20. The molecule has 0 saturated carbocycles. The molecule has 3 aromatic rings. The van der Waals surface area contributed by atoms with Crippen molar-refractivity contribution in [2.24, 2.45) is 7.05 Å². The van der Waals surface area contributed by atoms with E-state index in [0.29, 0.717) is 5.69 Å². The Morgan fingerprint density at radius 2 is 2.04 bits per heavy atom. The average molecular weight is 374 g/mol. The van der Waals surface area contributed by atoms with E-state index in [4.69, 9.17) is 0 Å². The SMILES string of the molecule is CN1CCC[C@H](n2cc(S(=O)(=O)Nc3cccc4cnn(C)c34)cn2)C1. The first-order valence-corrected chi connectivity index (χ1v) is 10.1. The summed E-state index contributed by atoms with van der Waals surface area (Å²) < 4.78 is 31.8. The van der Waals surface area contributed by atoms with E-state index in [0.717, 1.165) is 36.8 Å². The van der Waals surface area contributed by atoms with Gasteiger partial charge in [-0.25, -0.2) is 8.42 Å². The smallest absolute Gasteiger partial charge is 0.265 e. The highest BCUT2D eigenvalue weighted by atomic mass is 32.2. The van der Waals surface area contributed by atoms with Gasteiger partial charge in [-0.1, -0.05) is 12.1 Å². The maximum atomic E-state index is 12.8. The summed E-state index contributed by atoms with van der Waals surface area (Å²) in [6.07, 6.45) is 6.84. The molecule has 0 bridgehead atoms. The number of para-hydroxylation sites is 1. The maximum absolute atomic E-state index is 12.8. The Morgan fingerprint density at radius 3 is 2.85 bits per heavy atom. The zero-order valence-electron chi connectivity index (χ0n) is 14.8. The number of rotatable bonds is 4. The van der Waals surface area contributed by atoms with Crippen molar-refractivity contribution in [1.82, 2.24) is 24.5 Å². The number of hydrogen-bond donors (Lipinski definition) is 1. The van der Waals surface area contributed by atoms with Crippen LogP contribution < -0.4 is 4.72 Å². The van der Waals surface area contributed by atoms with Crippen molar-refractivity contribution < 1.29 is 8.42 Å². The Morgan fingerprint density at radius 1 is 1.19 bits per heavy atom. The summed E-state index contributed by atoms with van der Waals surface area (Å²) in [4.78, 5) is 2.41. The molecule has 4 rings (SSSR count). The molecule has 0 unspecified atom stereocenters. The van der Waals surface area contributed by atoms with Crippen molar-refractivity contribution in [2.75, 3.05) is 24.9 Å². The molecule has 0 radical (unpaired) electrons. The second-order valence-electron chi connectivity index (χ2n) is 6.83. The molecule has 2 aromatic heterocycles. The van der Waals surface area contributed by atoms with Gasteiger partial charge < -0.3 is 4.90 Å². The molecule has 0 aliphatic carbocycles. The minimum atomic E-state index is -3.72. The molecule has 1 aromatic carbocycles. The fourth-order valence-electron chi connectivity index (χ4n) is 3.53. The van der Waals surface area contributed by atoms with Crippen molar-refractivity contribution in [2.45, 2.75) is 23.8 Å². The second-order valence-corrected chi connectivity index (χ2v) is 8.51. The number of likely N-dealkylation sites (N-methyl/N-ethyl adjacent to an activating group) is 1. The number of likely N-dealkylation sites (tertiary alicyclic amines) is 1. The van der Waals surface area contributed by atoms with Crippen LogP contribution in [0.3, 0.4) is 0 Å². The van der Waals surface area contributed by atoms with Crippen LogP contribution in [0.4, 0.5) is 5.69 Å². The quantitative estimate of drug-likeness (QED) is 0.753. The second kappa shape index (κ2) is 6.40. The van der Waals surface area contributed by atoms with E-state index in [9.17, 15) is 8.42 Å². The van der Waals surface area contributed by atoms with Crippen molar-refractivity contribution in [3.63, 3.8) is 0 Å².